The molecule has 2 aromatic rings. The zero-order chi connectivity index (χ0) is 13.9. The SMILES string of the molecule is CCc1noc([C@H]2CCCCN2C(=O)c2ccco2)n1. The number of amides is 1. The minimum atomic E-state index is -0.144. The van der Waals surface area contributed by atoms with Gasteiger partial charge >= 0.3 is 0 Å². The van der Waals surface area contributed by atoms with E-state index in [0.29, 0.717) is 24.0 Å². The Labute approximate surface area is 116 Å². The van der Waals surface area contributed by atoms with Crippen LogP contribution in [0.1, 0.15) is 54.5 Å². The number of furan rings is 1. The molecule has 0 N–H and O–H groups in total. The first-order chi connectivity index (χ1) is 9.79. The second kappa shape index (κ2) is 5.48. The molecule has 1 fully saturated rings. The first-order valence-corrected chi connectivity index (χ1v) is 6.96. The molecule has 0 radical (unpaired) electrons. The van der Waals surface area contributed by atoms with Gasteiger partial charge in [-0.15, -0.1) is 0 Å². The number of carbonyl (C=O) groups is 1. The summed E-state index contributed by atoms with van der Waals surface area (Å²) in [5.74, 6) is 1.44. The quantitative estimate of drug-likeness (QED) is 0.860. The molecule has 0 unspecified atom stereocenters. The van der Waals surface area contributed by atoms with Crippen molar-refractivity contribution in [3.05, 3.63) is 35.9 Å². The molecular weight excluding hydrogens is 258 g/mol. The summed E-state index contributed by atoms with van der Waals surface area (Å²) < 4.78 is 10.5. The van der Waals surface area contributed by atoms with E-state index >= 15 is 0 Å². The molecule has 1 aliphatic heterocycles. The maximum atomic E-state index is 12.5. The number of hydrogen-bond acceptors (Lipinski definition) is 5. The Hall–Kier alpha value is -2.11. The topological polar surface area (TPSA) is 72.4 Å². The van der Waals surface area contributed by atoms with Gasteiger partial charge in [-0.05, 0) is 31.4 Å². The molecule has 1 atom stereocenters. The second-order valence-corrected chi connectivity index (χ2v) is 4.89. The Morgan fingerprint density at radius 1 is 1.50 bits per heavy atom. The molecule has 2 aromatic heterocycles. The fourth-order valence-corrected chi connectivity index (χ4v) is 2.52. The lowest BCUT2D eigenvalue weighted by atomic mass is 10.0. The van der Waals surface area contributed by atoms with Crippen LogP contribution in [-0.2, 0) is 6.42 Å². The number of hydrogen-bond donors (Lipinski definition) is 0. The van der Waals surface area contributed by atoms with E-state index in [9.17, 15) is 4.79 Å². The summed E-state index contributed by atoms with van der Waals surface area (Å²) in [7, 11) is 0. The van der Waals surface area contributed by atoms with Crippen LogP contribution in [0.5, 0.6) is 0 Å². The van der Waals surface area contributed by atoms with Gasteiger partial charge in [0.2, 0.25) is 5.89 Å². The van der Waals surface area contributed by atoms with Crippen molar-refractivity contribution >= 4 is 5.91 Å². The fraction of sp³-hybridized carbons (Fsp3) is 0.500. The van der Waals surface area contributed by atoms with E-state index in [1.54, 1.807) is 17.0 Å². The van der Waals surface area contributed by atoms with Crippen LogP contribution in [0, 0.1) is 0 Å². The summed E-state index contributed by atoms with van der Waals surface area (Å²) in [5, 5.41) is 3.92. The van der Waals surface area contributed by atoms with Crippen LogP contribution in [0.2, 0.25) is 0 Å². The minimum absolute atomic E-state index is 0.115. The van der Waals surface area contributed by atoms with Gasteiger partial charge in [-0.2, -0.15) is 4.98 Å². The predicted molar refractivity (Wildman–Crippen MR) is 70.0 cm³/mol. The Bertz CT molecular complexity index is 576. The highest BCUT2D eigenvalue weighted by molar-refractivity contribution is 5.91. The van der Waals surface area contributed by atoms with E-state index in [-0.39, 0.29) is 11.9 Å². The Balaban J connectivity index is 1.85. The molecule has 6 heteroatoms. The molecule has 1 amide bonds. The molecule has 3 heterocycles. The fourth-order valence-electron chi connectivity index (χ4n) is 2.52. The van der Waals surface area contributed by atoms with E-state index < -0.39 is 0 Å². The summed E-state index contributed by atoms with van der Waals surface area (Å²) >= 11 is 0. The molecule has 0 saturated carbocycles. The maximum absolute atomic E-state index is 12.5. The van der Waals surface area contributed by atoms with E-state index in [0.717, 1.165) is 25.7 Å². The molecule has 20 heavy (non-hydrogen) atoms. The Morgan fingerprint density at radius 2 is 2.40 bits per heavy atom. The van der Waals surface area contributed by atoms with Crippen LogP contribution in [0.25, 0.3) is 0 Å². The van der Waals surface area contributed by atoms with Crippen LogP contribution >= 0.6 is 0 Å². The summed E-state index contributed by atoms with van der Waals surface area (Å²) in [6.45, 7) is 2.66. The zero-order valence-corrected chi connectivity index (χ0v) is 11.4. The number of rotatable bonds is 3. The van der Waals surface area contributed by atoms with Gasteiger partial charge in [0, 0.05) is 13.0 Å². The molecule has 106 valence electrons. The number of piperidine rings is 1. The van der Waals surface area contributed by atoms with Crippen molar-refractivity contribution in [2.24, 2.45) is 0 Å². The Morgan fingerprint density at radius 3 is 3.10 bits per heavy atom. The van der Waals surface area contributed by atoms with Crippen molar-refractivity contribution in [2.75, 3.05) is 6.54 Å². The van der Waals surface area contributed by atoms with Crippen molar-refractivity contribution in [2.45, 2.75) is 38.6 Å². The summed E-state index contributed by atoms with van der Waals surface area (Å²) in [6.07, 6.45) is 5.11. The van der Waals surface area contributed by atoms with E-state index in [1.165, 1.54) is 6.26 Å². The van der Waals surface area contributed by atoms with Crippen LogP contribution < -0.4 is 0 Å². The standard InChI is InChI=1S/C14H17N3O3/c1-2-12-15-13(20-16-12)10-6-3-4-8-17(10)14(18)11-7-5-9-19-11/h5,7,9-10H,2-4,6,8H2,1H3/t10-/m1/s1. The highest BCUT2D eigenvalue weighted by atomic mass is 16.5. The second-order valence-electron chi connectivity index (χ2n) is 4.89. The van der Waals surface area contributed by atoms with Crippen molar-refractivity contribution in [1.29, 1.82) is 0 Å². The normalized spacial score (nSPS) is 19.2. The van der Waals surface area contributed by atoms with Gasteiger partial charge in [-0.3, -0.25) is 4.79 Å². The first kappa shape index (κ1) is 12.9. The van der Waals surface area contributed by atoms with Crippen molar-refractivity contribution in [3.8, 4) is 0 Å². The van der Waals surface area contributed by atoms with E-state index in [4.69, 9.17) is 8.94 Å². The smallest absolute Gasteiger partial charge is 0.290 e. The number of aromatic nitrogens is 2. The molecule has 1 aliphatic rings. The van der Waals surface area contributed by atoms with Gasteiger partial charge in [0.15, 0.2) is 11.6 Å². The van der Waals surface area contributed by atoms with Crippen molar-refractivity contribution in [1.82, 2.24) is 15.0 Å². The van der Waals surface area contributed by atoms with Gasteiger partial charge in [0.1, 0.15) is 6.04 Å². The van der Waals surface area contributed by atoms with Gasteiger partial charge in [-0.25, -0.2) is 0 Å². The van der Waals surface area contributed by atoms with Gasteiger partial charge in [0.25, 0.3) is 5.91 Å². The van der Waals surface area contributed by atoms with Gasteiger partial charge in [-0.1, -0.05) is 12.1 Å². The average molecular weight is 275 g/mol. The summed E-state index contributed by atoms with van der Waals surface area (Å²) in [5.41, 5.74) is 0. The Kier molecular flexibility index (Phi) is 3.54. The van der Waals surface area contributed by atoms with Gasteiger partial charge < -0.3 is 13.8 Å². The van der Waals surface area contributed by atoms with Gasteiger partial charge in [0.05, 0.1) is 6.26 Å². The lowest BCUT2D eigenvalue weighted by molar-refractivity contribution is 0.0529. The van der Waals surface area contributed by atoms with Crippen molar-refractivity contribution < 1.29 is 13.7 Å². The third-order valence-electron chi connectivity index (χ3n) is 3.58. The molecular formula is C14H17N3O3. The highest BCUT2D eigenvalue weighted by Gasteiger charge is 2.33. The number of carbonyl (C=O) groups excluding carboxylic acids is 1. The van der Waals surface area contributed by atoms with Crippen molar-refractivity contribution in [3.63, 3.8) is 0 Å². The summed E-state index contributed by atoms with van der Waals surface area (Å²) in [4.78, 5) is 18.6. The third-order valence-corrected chi connectivity index (χ3v) is 3.58. The molecule has 1 saturated heterocycles. The number of nitrogens with zero attached hydrogens (tertiary/aromatic N) is 3. The predicted octanol–water partition coefficient (Wildman–Crippen LogP) is 2.59. The number of aryl methyl sites for hydroxylation is 1. The molecule has 3 rings (SSSR count). The molecule has 6 nitrogen and oxygen atoms in total. The van der Waals surface area contributed by atoms with Crippen LogP contribution in [-0.4, -0.2) is 27.5 Å². The third kappa shape index (κ3) is 2.33. The van der Waals surface area contributed by atoms with Crippen LogP contribution in [0.15, 0.2) is 27.3 Å². The van der Waals surface area contributed by atoms with E-state index in [1.807, 2.05) is 6.92 Å². The molecule has 0 aliphatic carbocycles. The monoisotopic (exact) mass is 275 g/mol. The highest BCUT2D eigenvalue weighted by Crippen LogP contribution is 2.31. The van der Waals surface area contributed by atoms with Crippen LogP contribution in [0.3, 0.4) is 0 Å². The number of likely N-dealkylation sites (tertiary alicyclic amines) is 1. The molecule has 0 bridgehead atoms. The average Bonchev–Trinajstić information content (AvgIpc) is 3.17. The van der Waals surface area contributed by atoms with Crippen LogP contribution in [0.4, 0.5) is 0 Å². The lowest BCUT2D eigenvalue weighted by Gasteiger charge is -2.32. The maximum Gasteiger partial charge on any atom is 0.290 e. The minimum Gasteiger partial charge on any atom is -0.459 e. The first-order valence-electron chi connectivity index (χ1n) is 6.96. The molecule has 0 aromatic carbocycles. The summed E-state index contributed by atoms with van der Waals surface area (Å²) in [6, 6.07) is 3.25. The molecule has 0 spiro atoms. The van der Waals surface area contributed by atoms with E-state index in [2.05, 4.69) is 10.1 Å². The lowest BCUT2D eigenvalue weighted by Crippen LogP contribution is -2.38. The largest absolute Gasteiger partial charge is 0.459 e. The zero-order valence-electron chi connectivity index (χ0n) is 11.4.